The molecule has 0 N–H and O–H groups in total. The van der Waals surface area contributed by atoms with Gasteiger partial charge >= 0.3 is 0 Å². The van der Waals surface area contributed by atoms with Crippen LogP contribution < -0.4 is 0 Å². The Morgan fingerprint density at radius 2 is 2.22 bits per heavy atom. The summed E-state index contributed by atoms with van der Waals surface area (Å²) < 4.78 is 4.65. The van der Waals surface area contributed by atoms with Crippen molar-refractivity contribution in [2.75, 3.05) is 13.4 Å². The van der Waals surface area contributed by atoms with E-state index in [-0.39, 0.29) is 0 Å². The summed E-state index contributed by atoms with van der Waals surface area (Å²) in [6.45, 7) is 4.53. The Labute approximate surface area is 56.8 Å². The number of rotatable bonds is 5. The van der Waals surface area contributed by atoms with Crippen LogP contribution in [0.2, 0.25) is 0 Å². The zero-order valence-corrected chi connectivity index (χ0v) is 6.22. The predicted octanol–water partition coefficient (Wildman–Crippen LogP) is 1.83. The highest BCUT2D eigenvalue weighted by Gasteiger charge is 1.96. The first-order valence-electron chi connectivity index (χ1n) is 3.47. The van der Waals surface area contributed by atoms with Crippen molar-refractivity contribution >= 4 is 0 Å². The first-order valence-corrected chi connectivity index (χ1v) is 3.47. The van der Waals surface area contributed by atoms with E-state index in [1.807, 2.05) is 0 Å². The third-order valence-corrected chi connectivity index (χ3v) is 1.54. The van der Waals surface area contributed by atoms with Gasteiger partial charge in [0.25, 0.3) is 0 Å². The van der Waals surface area contributed by atoms with E-state index in [2.05, 4.69) is 18.6 Å². The van der Waals surface area contributed by atoms with Crippen molar-refractivity contribution < 1.29 is 9.84 Å². The quantitative estimate of drug-likeness (QED) is 0.413. The minimum atomic E-state index is -0.392. The first kappa shape index (κ1) is 8.92. The van der Waals surface area contributed by atoms with Gasteiger partial charge in [-0.1, -0.05) is 20.3 Å². The van der Waals surface area contributed by atoms with Gasteiger partial charge in [-0.25, -0.2) is 5.11 Å². The highest BCUT2D eigenvalue weighted by Crippen LogP contribution is 2.05. The van der Waals surface area contributed by atoms with Crippen LogP contribution in [0.3, 0.4) is 0 Å². The maximum atomic E-state index is 9.78. The van der Waals surface area contributed by atoms with Crippen molar-refractivity contribution in [3.63, 3.8) is 0 Å². The van der Waals surface area contributed by atoms with Crippen molar-refractivity contribution in [2.24, 2.45) is 5.92 Å². The Balaban J connectivity index is 2.88. The van der Waals surface area contributed by atoms with E-state index in [9.17, 15) is 5.11 Å². The molecule has 2 heteroatoms. The molecule has 1 unspecified atom stereocenters. The van der Waals surface area contributed by atoms with Crippen molar-refractivity contribution in [1.29, 1.82) is 0 Å². The molecule has 2 nitrogen and oxygen atoms in total. The lowest BCUT2D eigenvalue weighted by Gasteiger charge is -2.05. The molecule has 0 rings (SSSR count). The van der Waals surface area contributed by atoms with Crippen LogP contribution in [0, 0.1) is 5.92 Å². The molecular formula is C7H15O2. The van der Waals surface area contributed by atoms with E-state index in [4.69, 9.17) is 0 Å². The first-order chi connectivity index (χ1) is 4.31. The largest absolute Gasteiger partial charge is 0.352 e. The Kier molecular flexibility index (Phi) is 5.99. The van der Waals surface area contributed by atoms with E-state index in [0.29, 0.717) is 12.5 Å². The summed E-state index contributed by atoms with van der Waals surface area (Å²) in [5.74, 6) is 0.691. The van der Waals surface area contributed by atoms with E-state index >= 15 is 0 Å². The molecule has 0 aromatic rings. The van der Waals surface area contributed by atoms with Crippen molar-refractivity contribution in [3.05, 3.63) is 0 Å². The lowest BCUT2D eigenvalue weighted by molar-refractivity contribution is -0.0469. The van der Waals surface area contributed by atoms with E-state index in [1.54, 1.807) is 0 Å². The Bertz CT molecular complexity index is 54.9. The topological polar surface area (TPSA) is 29.1 Å². The molecule has 0 aliphatic heterocycles. The van der Waals surface area contributed by atoms with Crippen LogP contribution in [0.25, 0.3) is 0 Å². The predicted molar refractivity (Wildman–Crippen MR) is 35.6 cm³/mol. The molecule has 9 heavy (non-hydrogen) atoms. The minimum Gasteiger partial charge on any atom is -0.352 e. The molecule has 1 radical (unpaired) electrons. The summed E-state index contributed by atoms with van der Waals surface area (Å²) in [6, 6.07) is 0. The zero-order chi connectivity index (χ0) is 7.11. The van der Waals surface area contributed by atoms with E-state index < -0.39 is 6.79 Å². The van der Waals surface area contributed by atoms with Gasteiger partial charge < -0.3 is 4.74 Å². The molecule has 0 fully saturated rings. The minimum absolute atomic E-state index is 0.392. The Hall–Kier alpha value is -0.0800. The fraction of sp³-hybridized carbons (Fsp3) is 1.00. The van der Waals surface area contributed by atoms with Gasteiger partial charge in [-0.2, -0.15) is 0 Å². The number of ether oxygens (including phenoxy) is 1. The Morgan fingerprint density at radius 1 is 1.56 bits per heavy atom. The zero-order valence-electron chi connectivity index (χ0n) is 6.22. The molecule has 0 amide bonds. The van der Waals surface area contributed by atoms with Crippen LogP contribution in [0.5, 0.6) is 0 Å². The van der Waals surface area contributed by atoms with Crippen LogP contribution in [0.1, 0.15) is 26.7 Å². The molecule has 0 saturated carbocycles. The van der Waals surface area contributed by atoms with Gasteiger partial charge in [-0.15, -0.1) is 0 Å². The fourth-order valence-corrected chi connectivity index (χ4v) is 0.548. The van der Waals surface area contributed by atoms with Crippen LogP contribution in [0.4, 0.5) is 0 Å². The molecule has 0 saturated heterocycles. The third-order valence-electron chi connectivity index (χ3n) is 1.54. The van der Waals surface area contributed by atoms with Crippen LogP contribution in [-0.4, -0.2) is 13.4 Å². The summed E-state index contributed by atoms with van der Waals surface area (Å²) in [6.07, 6.45) is 2.18. The second-order valence-corrected chi connectivity index (χ2v) is 2.33. The van der Waals surface area contributed by atoms with Gasteiger partial charge in [0.2, 0.25) is 0 Å². The lowest BCUT2D eigenvalue weighted by Crippen LogP contribution is -2.00. The SMILES string of the molecule is CCC(C)CCOC[O]. The third kappa shape index (κ3) is 5.80. The van der Waals surface area contributed by atoms with Gasteiger partial charge in [-0.05, 0) is 12.3 Å². The summed E-state index contributed by atoms with van der Waals surface area (Å²) in [5.41, 5.74) is 0. The highest BCUT2D eigenvalue weighted by molar-refractivity contribution is 4.46. The van der Waals surface area contributed by atoms with Crippen LogP contribution in [0.15, 0.2) is 0 Å². The lowest BCUT2D eigenvalue weighted by atomic mass is 10.1. The molecular weight excluding hydrogens is 116 g/mol. The molecule has 0 aliphatic rings. The fourth-order valence-electron chi connectivity index (χ4n) is 0.548. The molecule has 0 aromatic carbocycles. The molecule has 0 spiro atoms. The number of hydrogen-bond donors (Lipinski definition) is 0. The van der Waals surface area contributed by atoms with Crippen LogP contribution >= 0.6 is 0 Å². The van der Waals surface area contributed by atoms with Crippen molar-refractivity contribution in [2.45, 2.75) is 26.7 Å². The maximum Gasteiger partial charge on any atom is 0.180 e. The summed E-state index contributed by atoms with van der Waals surface area (Å²) >= 11 is 0. The monoisotopic (exact) mass is 131 g/mol. The van der Waals surface area contributed by atoms with Crippen LogP contribution in [-0.2, 0) is 9.84 Å². The Morgan fingerprint density at radius 3 is 2.67 bits per heavy atom. The molecule has 1 atom stereocenters. The van der Waals surface area contributed by atoms with E-state index in [0.717, 1.165) is 6.42 Å². The summed E-state index contributed by atoms with van der Waals surface area (Å²) in [5, 5.41) is 9.78. The molecule has 0 bridgehead atoms. The average molecular weight is 131 g/mol. The standard InChI is InChI=1S/C7H15O2/c1-3-7(2)4-5-9-6-8/h7H,3-6H2,1-2H3. The maximum absolute atomic E-state index is 9.78. The average Bonchev–Trinajstić information content (AvgIpc) is 1.89. The van der Waals surface area contributed by atoms with Crippen molar-refractivity contribution in [3.8, 4) is 0 Å². The normalized spacial score (nSPS) is 13.7. The van der Waals surface area contributed by atoms with Crippen molar-refractivity contribution in [1.82, 2.24) is 0 Å². The van der Waals surface area contributed by atoms with E-state index in [1.165, 1.54) is 6.42 Å². The molecule has 0 aromatic heterocycles. The second-order valence-electron chi connectivity index (χ2n) is 2.33. The molecule has 55 valence electrons. The second kappa shape index (κ2) is 6.05. The smallest absolute Gasteiger partial charge is 0.180 e. The summed E-state index contributed by atoms with van der Waals surface area (Å²) in [4.78, 5) is 0. The summed E-state index contributed by atoms with van der Waals surface area (Å²) in [7, 11) is 0. The van der Waals surface area contributed by atoms with Gasteiger partial charge in [0.15, 0.2) is 6.79 Å². The number of hydrogen-bond acceptors (Lipinski definition) is 1. The van der Waals surface area contributed by atoms with Gasteiger partial charge in [-0.3, -0.25) is 0 Å². The highest BCUT2D eigenvalue weighted by atomic mass is 16.6. The molecule has 0 heterocycles. The van der Waals surface area contributed by atoms with Gasteiger partial charge in [0.05, 0.1) is 0 Å². The van der Waals surface area contributed by atoms with Gasteiger partial charge in [0, 0.05) is 6.61 Å². The van der Waals surface area contributed by atoms with Gasteiger partial charge in [0.1, 0.15) is 0 Å². The molecule has 0 aliphatic carbocycles.